The van der Waals surface area contributed by atoms with Gasteiger partial charge in [0, 0.05) is 5.92 Å². The van der Waals surface area contributed by atoms with E-state index in [2.05, 4.69) is 0 Å². The summed E-state index contributed by atoms with van der Waals surface area (Å²) in [6, 6.07) is 0. The van der Waals surface area contributed by atoms with Crippen LogP contribution in [0.15, 0.2) is 0 Å². The number of nitrogens with two attached hydrogens (primary N) is 1. The summed E-state index contributed by atoms with van der Waals surface area (Å²) in [5.74, 6) is 0.678. The molecule has 2 heteroatoms. The van der Waals surface area contributed by atoms with Crippen molar-refractivity contribution in [3.63, 3.8) is 0 Å². The molecule has 0 spiro atoms. The maximum atomic E-state index is 11.2. The van der Waals surface area contributed by atoms with E-state index in [1.807, 2.05) is 0 Å². The third-order valence-corrected chi connectivity index (χ3v) is 2.74. The van der Waals surface area contributed by atoms with Gasteiger partial charge in [0.1, 0.15) is 0 Å². The van der Waals surface area contributed by atoms with Crippen molar-refractivity contribution in [2.45, 2.75) is 31.2 Å². The first-order valence-electron chi connectivity index (χ1n) is 3.56. The first-order chi connectivity index (χ1) is 4.22. The highest BCUT2D eigenvalue weighted by Crippen LogP contribution is 2.42. The van der Waals surface area contributed by atoms with Gasteiger partial charge in [0.15, 0.2) is 5.78 Å². The summed E-state index contributed by atoms with van der Waals surface area (Å²) in [5, 5.41) is 0. The molecule has 0 aromatic carbocycles. The van der Waals surface area contributed by atoms with E-state index in [-0.39, 0.29) is 5.54 Å². The van der Waals surface area contributed by atoms with Crippen molar-refractivity contribution < 1.29 is 4.79 Å². The van der Waals surface area contributed by atoms with Crippen LogP contribution in [-0.4, -0.2) is 11.3 Å². The number of Topliss-reactive ketones (excluding diaryl/α,β-unsaturated/α-hetero) is 1. The molecule has 2 saturated carbocycles. The summed E-state index contributed by atoms with van der Waals surface area (Å²) < 4.78 is 0. The highest BCUT2D eigenvalue weighted by atomic mass is 16.1. The van der Waals surface area contributed by atoms with E-state index in [9.17, 15) is 4.79 Å². The maximum Gasteiger partial charge on any atom is 0.155 e. The van der Waals surface area contributed by atoms with Crippen LogP contribution in [0.25, 0.3) is 0 Å². The molecule has 2 aliphatic carbocycles. The van der Waals surface area contributed by atoms with E-state index in [0.29, 0.717) is 11.7 Å². The molecule has 2 rings (SSSR count). The maximum absolute atomic E-state index is 11.2. The van der Waals surface area contributed by atoms with Gasteiger partial charge in [-0.1, -0.05) is 0 Å². The zero-order valence-electron chi connectivity index (χ0n) is 5.39. The fraction of sp³-hybridized carbons (Fsp3) is 0.857. The summed E-state index contributed by atoms with van der Waals surface area (Å²) >= 11 is 0. The van der Waals surface area contributed by atoms with E-state index in [1.165, 1.54) is 0 Å². The smallest absolute Gasteiger partial charge is 0.155 e. The van der Waals surface area contributed by atoms with Crippen LogP contribution in [0.1, 0.15) is 25.7 Å². The van der Waals surface area contributed by atoms with Gasteiger partial charge >= 0.3 is 0 Å². The van der Waals surface area contributed by atoms with Crippen LogP contribution in [0.5, 0.6) is 0 Å². The minimum Gasteiger partial charge on any atom is -0.319 e. The Kier molecular flexibility index (Phi) is 0.826. The van der Waals surface area contributed by atoms with Crippen molar-refractivity contribution in [3.8, 4) is 0 Å². The minimum atomic E-state index is -0.370. The predicted molar refractivity (Wildman–Crippen MR) is 33.9 cm³/mol. The van der Waals surface area contributed by atoms with Crippen LogP contribution < -0.4 is 5.73 Å². The first kappa shape index (κ1) is 5.42. The van der Waals surface area contributed by atoms with Crippen molar-refractivity contribution in [1.82, 2.24) is 0 Å². The van der Waals surface area contributed by atoms with Crippen LogP contribution in [0, 0.1) is 5.92 Å². The van der Waals surface area contributed by atoms with Gasteiger partial charge in [-0.15, -0.1) is 0 Å². The third kappa shape index (κ3) is 0.517. The van der Waals surface area contributed by atoms with Crippen LogP contribution in [0.2, 0.25) is 0 Å². The van der Waals surface area contributed by atoms with Crippen molar-refractivity contribution in [1.29, 1.82) is 0 Å². The van der Waals surface area contributed by atoms with Crippen LogP contribution >= 0.6 is 0 Å². The molecule has 0 unspecified atom stereocenters. The molecule has 0 amide bonds. The van der Waals surface area contributed by atoms with Crippen LogP contribution in [0.3, 0.4) is 0 Å². The quantitative estimate of drug-likeness (QED) is 0.511. The molecular formula is C7H11NO. The van der Waals surface area contributed by atoms with Crippen molar-refractivity contribution in [3.05, 3.63) is 0 Å². The van der Waals surface area contributed by atoms with Gasteiger partial charge in [0.25, 0.3) is 0 Å². The molecule has 0 heterocycles. The van der Waals surface area contributed by atoms with Gasteiger partial charge in [-0.3, -0.25) is 4.79 Å². The lowest BCUT2D eigenvalue weighted by atomic mass is 9.95. The lowest BCUT2D eigenvalue weighted by Crippen LogP contribution is -2.40. The molecule has 9 heavy (non-hydrogen) atoms. The molecule has 2 aliphatic rings. The van der Waals surface area contributed by atoms with E-state index in [1.54, 1.807) is 0 Å². The number of hydrogen-bond acceptors (Lipinski definition) is 2. The van der Waals surface area contributed by atoms with Crippen LogP contribution in [-0.2, 0) is 4.79 Å². The Morgan fingerprint density at radius 1 is 1.44 bits per heavy atom. The monoisotopic (exact) mass is 125 g/mol. The Morgan fingerprint density at radius 3 is 2.11 bits per heavy atom. The summed E-state index contributed by atoms with van der Waals surface area (Å²) in [6.45, 7) is 0. The van der Waals surface area contributed by atoms with Gasteiger partial charge in [0.05, 0.1) is 5.54 Å². The molecule has 0 radical (unpaired) electrons. The molecule has 50 valence electrons. The van der Waals surface area contributed by atoms with E-state index < -0.39 is 0 Å². The second kappa shape index (κ2) is 1.37. The number of rotatable bonds is 0. The highest BCUT2D eigenvalue weighted by molar-refractivity contribution is 5.94. The van der Waals surface area contributed by atoms with Crippen molar-refractivity contribution >= 4 is 5.78 Å². The Hall–Kier alpha value is -0.370. The lowest BCUT2D eigenvalue weighted by molar-refractivity contribution is -0.122. The van der Waals surface area contributed by atoms with E-state index >= 15 is 0 Å². The highest BCUT2D eigenvalue weighted by Gasteiger charge is 2.49. The number of hydrogen-bond donors (Lipinski definition) is 1. The molecular weight excluding hydrogens is 114 g/mol. The normalized spacial score (nSPS) is 48.6. The van der Waals surface area contributed by atoms with E-state index in [0.717, 1.165) is 25.7 Å². The fourth-order valence-electron chi connectivity index (χ4n) is 2.05. The first-order valence-corrected chi connectivity index (χ1v) is 3.56. The number of carbonyl (C=O) groups excluding carboxylic acids is 1. The lowest BCUT2D eigenvalue weighted by Gasteiger charge is -2.16. The molecule has 2 bridgehead atoms. The van der Waals surface area contributed by atoms with E-state index in [4.69, 9.17) is 5.73 Å². The zero-order valence-corrected chi connectivity index (χ0v) is 5.39. The Balaban J connectivity index is 2.36. The molecule has 0 saturated heterocycles. The van der Waals surface area contributed by atoms with Gasteiger partial charge in [0.2, 0.25) is 0 Å². The standard InChI is InChI=1S/C7H11NO/c8-7-3-1-5(2-4-7)6(7)9/h5H,1-4,8H2. The molecule has 0 aromatic heterocycles. The minimum absolute atomic E-state index is 0.336. The summed E-state index contributed by atoms with van der Waals surface area (Å²) in [5.41, 5.74) is 5.42. The summed E-state index contributed by atoms with van der Waals surface area (Å²) in [6.07, 6.45) is 3.98. The molecule has 2 fully saturated rings. The second-order valence-electron chi connectivity index (χ2n) is 3.29. The second-order valence-corrected chi connectivity index (χ2v) is 3.29. The predicted octanol–water partition coefficient (Wildman–Crippen LogP) is 0.457. The number of fused-ring (bicyclic) bond motifs is 2. The van der Waals surface area contributed by atoms with Gasteiger partial charge in [-0.2, -0.15) is 0 Å². The molecule has 2 nitrogen and oxygen atoms in total. The average molecular weight is 125 g/mol. The number of ketones is 1. The average Bonchev–Trinajstić information content (AvgIpc) is 2.24. The summed E-state index contributed by atoms with van der Waals surface area (Å²) in [7, 11) is 0. The van der Waals surface area contributed by atoms with Crippen LogP contribution in [0.4, 0.5) is 0 Å². The molecule has 0 atom stereocenters. The third-order valence-electron chi connectivity index (χ3n) is 2.74. The topological polar surface area (TPSA) is 43.1 Å². The Labute approximate surface area is 54.4 Å². The van der Waals surface area contributed by atoms with Crippen molar-refractivity contribution in [2.24, 2.45) is 11.7 Å². The SMILES string of the molecule is NC12CCC(CC1)C2=O. The van der Waals surface area contributed by atoms with Gasteiger partial charge in [-0.05, 0) is 25.7 Å². The fourth-order valence-corrected chi connectivity index (χ4v) is 2.05. The zero-order chi connectivity index (χ0) is 6.48. The summed E-state index contributed by atoms with van der Waals surface area (Å²) in [4.78, 5) is 11.2. The molecule has 2 N–H and O–H groups in total. The Morgan fingerprint density at radius 2 is 2.00 bits per heavy atom. The number of carbonyl (C=O) groups is 1. The largest absolute Gasteiger partial charge is 0.319 e. The molecule has 0 aromatic rings. The van der Waals surface area contributed by atoms with Gasteiger partial charge in [-0.25, -0.2) is 0 Å². The van der Waals surface area contributed by atoms with Gasteiger partial charge < -0.3 is 5.73 Å². The molecule has 0 aliphatic heterocycles. The Bertz CT molecular complexity index is 156. The van der Waals surface area contributed by atoms with Crippen molar-refractivity contribution in [2.75, 3.05) is 0 Å².